The highest BCUT2D eigenvalue weighted by Crippen LogP contribution is 2.27. The SMILES string of the molecule is Cc1ccc(/C=N/n2c(N)c(C(=O)NCC(C)C)c3nc4ccccc4nc32)cc1. The van der Waals surface area contributed by atoms with Crippen molar-refractivity contribution in [1.29, 1.82) is 0 Å². The third-order valence-electron chi connectivity index (χ3n) is 4.77. The molecule has 0 bridgehead atoms. The molecule has 0 unspecified atom stereocenters. The lowest BCUT2D eigenvalue weighted by atomic mass is 10.2. The van der Waals surface area contributed by atoms with Crippen molar-refractivity contribution >= 4 is 40.1 Å². The fourth-order valence-electron chi connectivity index (χ4n) is 3.15. The van der Waals surface area contributed by atoms with E-state index in [2.05, 4.69) is 20.4 Å². The van der Waals surface area contributed by atoms with Gasteiger partial charge in [0.15, 0.2) is 5.65 Å². The van der Waals surface area contributed by atoms with Gasteiger partial charge in [-0.2, -0.15) is 9.78 Å². The normalized spacial score (nSPS) is 11.7. The Morgan fingerprint density at radius 3 is 2.47 bits per heavy atom. The van der Waals surface area contributed by atoms with Crippen molar-refractivity contribution in [3.8, 4) is 0 Å². The molecule has 0 aliphatic carbocycles. The highest BCUT2D eigenvalue weighted by atomic mass is 16.1. The number of para-hydroxylation sites is 2. The summed E-state index contributed by atoms with van der Waals surface area (Å²) in [7, 11) is 0. The molecule has 0 aliphatic rings. The number of rotatable bonds is 5. The van der Waals surface area contributed by atoms with E-state index in [4.69, 9.17) is 5.73 Å². The third-order valence-corrected chi connectivity index (χ3v) is 4.77. The molecule has 152 valence electrons. The monoisotopic (exact) mass is 400 g/mol. The van der Waals surface area contributed by atoms with Crippen LogP contribution < -0.4 is 11.1 Å². The van der Waals surface area contributed by atoms with E-state index in [1.54, 1.807) is 6.21 Å². The molecule has 2 aromatic heterocycles. The van der Waals surface area contributed by atoms with Gasteiger partial charge in [0.1, 0.15) is 16.9 Å². The van der Waals surface area contributed by atoms with E-state index in [1.165, 1.54) is 10.2 Å². The molecule has 7 heteroatoms. The Morgan fingerprint density at radius 1 is 1.13 bits per heavy atom. The number of amides is 1. The number of hydrogen-bond donors (Lipinski definition) is 2. The van der Waals surface area contributed by atoms with E-state index in [1.807, 2.05) is 69.3 Å². The molecule has 0 saturated heterocycles. The van der Waals surface area contributed by atoms with Crippen LogP contribution in [0.25, 0.3) is 22.2 Å². The zero-order valence-electron chi connectivity index (χ0n) is 17.3. The summed E-state index contributed by atoms with van der Waals surface area (Å²) < 4.78 is 1.49. The smallest absolute Gasteiger partial charge is 0.257 e. The highest BCUT2D eigenvalue weighted by Gasteiger charge is 2.24. The first-order valence-corrected chi connectivity index (χ1v) is 9.90. The van der Waals surface area contributed by atoms with Crippen molar-refractivity contribution in [3.05, 3.63) is 65.2 Å². The number of benzene rings is 2. The van der Waals surface area contributed by atoms with Crippen LogP contribution in [0.2, 0.25) is 0 Å². The van der Waals surface area contributed by atoms with E-state index in [9.17, 15) is 4.79 Å². The van der Waals surface area contributed by atoms with Gasteiger partial charge in [0.25, 0.3) is 5.91 Å². The van der Waals surface area contributed by atoms with Crippen LogP contribution in [-0.4, -0.2) is 33.3 Å². The third kappa shape index (κ3) is 3.74. The molecule has 1 amide bonds. The van der Waals surface area contributed by atoms with Crippen LogP contribution in [0.1, 0.15) is 35.3 Å². The van der Waals surface area contributed by atoms with Crippen LogP contribution in [0.15, 0.2) is 53.6 Å². The van der Waals surface area contributed by atoms with Crippen molar-refractivity contribution in [2.75, 3.05) is 12.3 Å². The number of anilines is 1. The summed E-state index contributed by atoms with van der Waals surface area (Å²) in [6.45, 7) is 6.64. The van der Waals surface area contributed by atoms with Gasteiger partial charge in [0, 0.05) is 6.54 Å². The number of hydrogen-bond acceptors (Lipinski definition) is 5. The minimum absolute atomic E-state index is 0.213. The van der Waals surface area contributed by atoms with Gasteiger partial charge in [-0.1, -0.05) is 55.8 Å². The van der Waals surface area contributed by atoms with Gasteiger partial charge >= 0.3 is 0 Å². The van der Waals surface area contributed by atoms with Crippen LogP contribution >= 0.6 is 0 Å². The lowest BCUT2D eigenvalue weighted by Crippen LogP contribution is -2.28. The summed E-state index contributed by atoms with van der Waals surface area (Å²) in [6.07, 6.45) is 1.70. The van der Waals surface area contributed by atoms with E-state index < -0.39 is 0 Å². The average molecular weight is 400 g/mol. The number of nitrogens with zero attached hydrogens (tertiary/aromatic N) is 4. The maximum atomic E-state index is 12.9. The lowest BCUT2D eigenvalue weighted by molar-refractivity contribution is 0.0951. The number of nitrogen functional groups attached to an aromatic ring is 1. The minimum Gasteiger partial charge on any atom is -0.383 e. The Kier molecular flexibility index (Phi) is 5.18. The number of fused-ring (bicyclic) bond motifs is 2. The lowest BCUT2D eigenvalue weighted by Gasteiger charge is -2.07. The molecular weight excluding hydrogens is 376 g/mol. The molecule has 0 radical (unpaired) electrons. The number of nitrogens with one attached hydrogen (secondary N) is 1. The quantitative estimate of drug-likeness (QED) is 0.499. The topological polar surface area (TPSA) is 98.2 Å². The van der Waals surface area contributed by atoms with Crippen molar-refractivity contribution in [3.63, 3.8) is 0 Å². The molecule has 2 heterocycles. The number of aryl methyl sites for hydroxylation is 1. The van der Waals surface area contributed by atoms with Gasteiger partial charge < -0.3 is 11.1 Å². The predicted molar refractivity (Wildman–Crippen MR) is 121 cm³/mol. The first kappa shape index (κ1) is 19.6. The second-order valence-electron chi connectivity index (χ2n) is 7.72. The average Bonchev–Trinajstić information content (AvgIpc) is 3.00. The molecule has 3 N–H and O–H groups in total. The molecule has 0 atom stereocenters. The van der Waals surface area contributed by atoms with Crippen molar-refractivity contribution in [1.82, 2.24) is 20.0 Å². The van der Waals surface area contributed by atoms with Gasteiger partial charge in [-0.05, 0) is 30.5 Å². The van der Waals surface area contributed by atoms with E-state index in [0.717, 1.165) is 5.56 Å². The van der Waals surface area contributed by atoms with E-state index in [-0.39, 0.29) is 11.7 Å². The first-order chi connectivity index (χ1) is 14.4. The van der Waals surface area contributed by atoms with E-state index in [0.29, 0.717) is 40.2 Å². The summed E-state index contributed by atoms with van der Waals surface area (Å²) in [5, 5.41) is 7.44. The number of nitrogens with two attached hydrogens (primary N) is 1. The fourth-order valence-corrected chi connectivity index (χ4v) is 3.15. The number of carbonyl (C=O) groups is 1. The predicted octanol–water partition coefficient (Wildman–Crippen LogP) is 3.74. The van der Waals surface area contributed by atoms with Crippen LogP contribution in [0, 0.1) is 12.8 Å². The molecule has 0 spiro atoms. The molecule has 4 rings (SSSR count). The standard InChI is InChI=1S/C23H24N6O/c1-14(2)12-25-23(30)19-20-22(28-18-7-5-4-6-17(18)27-20)29(21(19)24)26-13-16-10-8-15(3)9-11-16/h4-11,13-14H,12,24H2,1-3H3,(H,25,30)/b26-13+. The molecule has 0 fully saturated rings. The van der Waals surface area contributed by atoms with Gasteiger partial charge in [0.05, 0.1) is 17.2 Å². The molecule has 30 heavy (non-hydrogen) atoms. The molecule has 4 aromatic rings. The molecule has 2 aromatic carbocycles. The summed E-state index contributed by atoms with van der Waals surface area (Å²) in [6, 6.07) is 15.5. The van der Waals surface area contributed by atoms with Crippen LogP contribution in [0.3, 0.4) is 0 Å². The Bertz CT molecular complexity index is 1250. The van der Waals surface area contributed by atoms with Crippen LogP contribution in [0.5, 0.6) is 0 Å². The van der Waals surface area contributed by atoms with Gasteiger partial charge in [-0.3, -0.25) is 4.79 Å². The minimum atomic E-state index is -0.278. The zero-order chi connectivity index (χ0) is 21.3. The number of carbonyl (C=O) groups excluding carboxylic acids is 1. The second-order valence-corrected chi connectivity index (χ2v) is 7.72. The molecular formula is C23H24N6O. The Labute approximate surface area is 174 Å². The zero-order valence-corrected chi connectivity index (χ0v) is 17.3. The summed E-state index contributed by atoms with van der Waals surface area (Å²) in [4.78, 5) is 22.3. The Balaban J connectivity index is 1.87. The van der Waals surface area contributed by atoms with Gasteiger partial charge in [0.2, 0.25) is 0 Å². The van der Waals surface area contributed by atoms with Gasteiger partial charge in [-0.25, -0.2) is 9.97 Å². The fraction of sp³-hybridized carbons (Fsp3) is 0.217. The highest BCUT2D eigenvalue weighted by molar-refractivity contribution is 6.10. The summed E-state index contributed by atoms with van der Waals surface area (Å²) in [5.41, 5.74) is 11.1. The molecule has 7 nitrogen and oxygen atoms in total. The Morgan fingerprint density at radius 2 is 1.80 bits per heavy atom. The first-order valence-electron chi connectivity index (χ1n) is 9.90. The van der Waals surface area contributed by atoms with Crippen LogP contribution in [0.4, 0.5) is 5.82 Å². The summed E-state index contributed by atoms with van der Waals surface area (Å²) >= 11 is 0. The maximum absolute atomic E-state index is 12.9. The molecule has 0 saturated carbocycles. The van der Waals surface area contributed by atoms with E-state index >= 15 is 0 Å². The van der Waals surface area contributed by atoms with Crippen molar-refractivity contribution in [2.45, 2.75) is 20.8 Å². The second kappa shape index (κ2) is 7.94. The Hall–Kier alpha value is -3.74. The van der Waals surface area contributed by atoms with Crippen molar-refractivity contribution in [2.24, 2.45) is 11.0 Å². The summed E-state index contributed by atoms with van der Waals surface area (Å²) in [5.74, 6) is 0.250. The van der Waals surface area contributed by atoms with Gasteiger partial charge in [-0.15, -0.1) is 0 Å². The largest absolute Gasteiger partial charge is 0.383 e. The number of aromatic nitrogens is 3. The molecule has 0 aliphatic heterocycles. The van der Waals surface area contributed by atoms with Crippen molar-refractivity contribution < 1.29 is 4.79 Å². The van der Waals surface area contributed by atoms with Crippen LogP contribution in [-0.2, 0) is 0 Å². The maximum Gasteiger partial charge on any atom is 0.257 e.